The Morgan fingerprint density at radius 1 is 1.30 bits per heavy atom. The molecule has 1 aromatic carbocycles. The third-order valence-electron chi connectivity index (χ3n) is 4.11. The molecule has 0 saturated heterocycles. The van der Waals surface area contributed by atoms with Gasteiger partial charge in [0.25, 0.3) is 0 Å². The molecule has 0 radical (unpaired) electrons. The second-order valence-electron chi connectivity index (χ2n) is 5.95. The van der Waals surface area contributed by atoms with Crippen LogP contribution in [0.3, 0.4) is 0 Å². The van der Waals surface area contributed by atoms with Crippen molar-refractivity contribution < 1.29 is 4.79 Å². The molecule has 0 bridgehead atoms. The van der Waals surface area contributed by atoms with Gasteiger partial charge in [-0.3, -0.25) is 9.48 Å². The Balaban J connectivity index is 2.03. The third kappa shape index (κ3) is 4.14. The van der Waals surface area contributed by atoms with Crippen LogP contribution in [-0.2, 0) is 11.3 Å². The highest BCUT2D eigenvalue weighted by atomic mass is 35.5. The first-order valence-corrected chi connectivity index (χ1v) is 8.36. The van der Waals surface area contributed by atoms with Crippen molar-refractivity contribution in [2.24, 2.45) is 5.92 Å². The van der Waals surface area contributed by atoms with E-state index < -0.39 is 0 Å². The molecule has 124 valence electrons. The zero-order valence-corrected chi connectivity index (χ0v) is 14.9. The number of amides is 1. The van der Waals surface area contributed by atoms with Crippen LogP contribution in [-0.4, -0.2) is 15.7 Å². The molecule has 1 aromatic heterocycles. The van der Waals surface area contributed by atoms with Gasteiger partial charge in [0.05, 0.1) is 34.9 Å². The Morgan fingerprint density at radius 3 is 2.48 bits per heavy atom. The average Bonchev–Trinajstić information content (AvgIpc) is 2.80. The number of rotatable bonds is 6. The van der Waals surface area contributed by atoms with Crippen LogP contribution in [0, 0.1) is 19.8 Å². The lowest BCUT2D eigenvalue weighted by Crippen LogP contribution is -2.34. The summed E-state index contributed by atoms with van der Waals surface area (Å²) in [5.41, 5.74) is 2.83. The lowest BCUT2D eigenvalue weighted by Gasteiger charge is -2.20. The van der Waals surface area contributed by atoms with Gasteiger partial charge in [0, 0.05) is 0 Å². The van der Waals surface area contributed by atoms with E-state index in [1.54, 1.807) is 0 Å². The van der Waals surface area contributed by atoms with Gasteiger partial charge in [-0.1, -0.05) is 55.8 Å². The van der Waals surface area contributed by atoms with E-state index in [-0.39, 0.29) is 17.9 Å². The molecular formula is C18H24ClN3O. The van der Waals surface area contributed by atoms with Crippen molar-refractivity contribution in [1.82, 2.24) is 15.1 Å². The number of aromatic nitrogens is 2. The second-order valence-corrected chi connectivity index (χ2v) is 6.33. The quantitative estimate of drug-likeness (QED) is 0.866. The molecule has 2 unspecified atom stereocenters. The van der Waals surface area contributed by atoms with E-state index in [1.165, 1.54) is 0 Å². The Kier molecular flexibility index (Phi) is 5.83. The Morgan fingerprint density at radius 2 is 1.96 bits per heavy atom. The van der Waals surface area contributed by atoms with Crippen LogP contribution >= 0.6 is 11.6 Å². The number of halogens is 1. The smallest absolute Gasteiger partial charge is 0.225 e. The molecule has 1 N–H and O–H groups in total. The molecule has 0 aliphatic heterocycles. The van der Waals surface area contributed by atoms with Crippen LogP contribution in [0.1, 0.15) is 43.3 Å². The summed E-state index contributed by atoms with van der Waals surface area (Å²) in [7, 11) is 0. The maximum atomic E-state index is 12.5. The summed E-state index contributed by atoms with van der Waals surface area (Å²) in [5, 5.41) is 8.20. The number of nitrogens with one attached hydrogen (secondary N) is 1. The molecule has 2 atom stereocenters. The molecule has 0 saturated carbocycles. The van der Waals surface area contributed by atoms with Crippen molar-refractivity contribution in [1.29, 1.82) is 0 Å². The molecule has 5 heteroatoms. The van der Waals surface area contributed by atoms with Crippen molar-refractivity contribution in [3.63, 3.8) is 0 Å². The van der Waals surface area contributed by atoms with E-state index in [4.69, 9.17) is 11.6 Å². The highest BCUT2D eigenvalue weighted by molar-refractivity contribution is 6.31. The zero-order chi connectivity index (χ0) is 17.0. The van der Waals surface area contributed by atoms with Crippen molar-refractivity contribution in [2.45, 2.75) is 46.7 Å². The minimum Gasteiger partial charge on any atom is -0.349 e. The molecule has 1 amide bonds. The first-order chi connectivity index (χ1) is 10.9. The monoisotopic (exact) mass is 333 g/mol. The highest BCUT2D eigenvalue weighted by Crippen LogP contribution is 2.21. The maximum Gasteiger partial charge on any atom is 0.225 e. The predicted molar refractivity (Wildman–Crippen MR) is 93.5 cm³/mol. The van der Waals surface area contributed by atoms with Gasteiger partial charge in [0.15, 0.2) is 0 Å². The summed E-state index contributed by atoms with van der Waals surface area (Å²) in [5.74, 6) is -0.147. The number of benzene rings is 1. The van der Waals surface area contributed by atoms with Crippen molar-refractivity contribution in [3.05, 3.63) is 52.3 Å². The topological polar surface area (TPSA) is 46.9 Å². The lowest BCUT2D eigenvalue weighted by atomic mass is 10.0. The molecule has 0 aliphatic carbocycles. The summed E-state index contributed by atoms with van der Waals surface area (Å²) in [4.78, 5) is 12.5. The van der Waals surface area contributed by atoms with Crippen molar-refractivity contribution in [2.75, 3.05) is 0 Å². The number of nitrogens with zero attached hydrogens (tertiary/aromatic N) is 2. The summed E-state index contributed by atoms with van der Waals surface area (Å²) in [6.07, 6.45) is 0.855. The minimum atomic E-state index is -0.179. The third-order valence-corrected chi connectivity index (χ3v) is 4.66. The van der Waals surface area contributed by atoms with Gasteiger partial charge in [0.1, 0.15) is 0 Å². The number of hydrogen-bond donors (Lipinski definition) is 1. The molecule has 4 nitrogen and oxygen atoms in total. The SMILES string of the molecule is CCC(NC(=O)C(C)Cn1nc(C)c(Cl)c1C)c1ccccc1. The molecule has 23 heavy (non-hydrogen) atoms. The lowest BCUT2D eigenvalue weighted by molar-refractivity contribution is -0.125. The van der Waals surface area contributed by atoms with Crippen LogP contribution < -0.4 is 5.32 Å². The van der Waals surface area contributed by atoms with Gasteiger partial charge in [-0.25, -0.2) is 0 Å². The van der Waals surface area contributed by atoms with Crippen molar-refractivity contribution >= 4 is 17.5 Å². The van der Waals surface area contributed by atoms with Gasteiger partial charge in [-0.05, 0) is 25.8 Å². The van der Waals surface area contributed by atoms with Crippen molar-refractivity contribution in [3.8, 4) is 0 Å². The summed E-state index contributed by atoms with van der Waals surface area (Å²) < 4.78 is 1.81. The molecule has 2 rings (SSSR count). The van der Waals surface area contributed by atoms with Gasteiger partial charge in [-0.15, -0.1) is 0 Å². The van der Waals surface area contributed by atoms with Crippen LogP contribution in [0.4, 0.5) is 0 Å². The fourth-order valence-electron chi connectivity index (χ4n) is 2.62. The van der Waals surface area contributed by atoms with Crippen LogP contribution in [0.5, 0.6) is 0 Å². The van der Waals surface area contributed by atoms with E-state index in [0.29, 0.717) is 11.6 Å². The Bertz CT molecular complexity index is 666. The molecule has 2 aromatic rings. The number of hydrogen-bond acceptors (Lipinski definition) is 2. The normalized spacial score (nSPS) is 13.6. The van der Waals surface area contributed by atoms with Crippen LogP contribution in [0.25, 0.3) is 0 Å². The molecule has 0 aliphatic rings. The maximum absolute atomic E-state index is 12.5. The van der Waals surface area contributed by atoms with E-state index in [1.807, 2.05) is 55.8 Å². The number of carbonyl (C=O) groups excluding carboxylic acids is 1. The van der Waals surface area contributed by atoms with Gasteiger partial charge >= 0.3 is 0 Å². The zero-order valence-electron chi connectivity index (χ0n) is 14.1. The van der Waals surface area contributed by atoms with E-state index in [0.717, 1.165) is 23.4 Å². The minimum absolute atomic E-state index is 0.0318. The largest absolute Gasteiger partial charge is 0.349 e. The van der Waals surface area contributed by atoms with Gasteiger partial charge in [-0.2, -0.15) is 5.10 Å². The van der Waals surface area contributed by atoms with E-state index >= 15 is 0 Å². The Labute approximate surface area is 142 Å². The predicted octanol–water partition coefficient (Wildman–Crippen LogP) is 4.06. The van der Waals surface area contributed by atoms with Crippen LogP contribution in [0.2, 0.25) is 5.02 Å². The number of aryl methyl sites for hydroxylation is 1. The summed E-state index contributed by atoms with van der Waals surface area (Å²) >= 11 is 6.16. The van der Waals surface area contributed by atoms with Gasteiger partial charge < -0.3 is 5.32 Å². The molecular weight excluding hydrogens is 310 g/mol. The van der Waals surface area contributed by atoms with Crippen LogP contribution in [0.15, 0.2) is 30.3 Å². The number of carbonyl (C=O) groups is 1. The van der Waals surface area contributed by atoms with E-state index in [9.17, 15) is 4.79 Å². The second kappa shape index (κ2) is 7.64. The summed E-state index contributed by atoms with van der Waals surface area (Å²) in [6.45, 7) is 8.31. The van der Waals surface area contributed by atoms with Gasteiger partial charge in [0.2, 0.25) is 5.91 Å². The fraction of sp³-hybridized carbons (Fsp3) is 0.444. The molecule has 0 fully saturated rings. The average molecular weight is 334 g/mol. The fourth-order valence-corrected chi connectivity index (χ4v) is 2.75. The Hall–Kier alpha value is -1.81. The first-order valence-electron chi connectivity index (χ1n) is 7.98. The molecule has 1 heterocycles. The first kappa shape index (κ1) is 17.5. The van der Waals surface area contributed by atoms with E-state index in [2.05, 4.69) is 17.3 Å². The standard InChI is InChI=1S/C18H24ClN3O/c1-5-16(15-9-7-6-8-10-15)20-18(23)12(2)11-22-14(4)17(19)13(3)21-22/h6-10,12,16H,5,11H2,1-4H3,(H,20,23). The molecule has 0 spiro atoms. The summed E-state index contributed by atoms with van der Waals surface area (Å²) in [6, 6.07) is 10.1. The highest BCUT2D eigenvalue weighted by Gasteiger charge is 2.20.